The number of rotatable bonds is 4. The molecule has 0 amide bonds. The fourth-order valence-electron chi connectivity index (χ4n) is 3.14. The van der Waals surface area contributed by atoms with Crippen molar-refractivity contribution in [2.45, 2.75) is 64.0 Å². The van der Waals surface area contributed by atoms with Gasteiger partial charge in [0.15, 0.2) is 0 Å². The second-order valence-electron chi connectivity index (χ2n) is 5.33. The van der Waals surface area contributed by atoms with Gasteiger partial charge in [-0.3, -0.25) is 4.84 Å². The van der Waals surface area contributed by atoms with Crippen LogP contribution in [0.5, 0.6) is 0 Å². The number of nitrogens with zero attached hydrogens (tertiary/aromatic N) is 1. The van der Waals surface area contributed by atoms with Gasteiger partial charge in [0.1, 0.15) is 0 Å². The van der Waals surface area contributed by atoms with Crippen molar-refractivity contribution in [3.8, 4) is 0 Å². The van der Waals surface area contributed by atoms with E-state index in [0.717, 1.165) is 18.9 Å². The van der Waals surface area contributed by atoms with E-state index in [0.29, 0.717) is 12.1 Å². The molecule has 2 heteroatoms. The van der Waals surface area contributed by atoms with Crippen molar-refractivity contribution in [2.75, 3.05) is 6.61 Å². The highest BCUT2D eigenvalue weighted by molar-refractivity contribution is 4.86. The number of hydroxylamine groups is 2. The second-order valence-corrected chi connectivity index (χ2v) is 5.33. The average molecular weight is 223 g/mol. The first kappa shape index (κ1) is 12.1. The number of hydrogen-bond donors (Lipinski definition) is 0. The van der Waals surface area contributed by atoms with Gasteiger partial charge in [-0.25, -0.2) is 0 Å². The maximum atomic E-state index is 5.90. The predicted molar refractivity (Wildman–Crippen MR) is 67.0 cm³/mol. The largest absolute Gasteiger partial charge is 0.298 e. The number of unbranched alkanes of at least 4 members (excludes halogenated alkanes) is 1. The third kappa shape index (κ3) is 2.67. The number of piperidine rings is 1. The summed E-state index contributed by atoms with van der Waals surface area (Å²) in [6, 6.07) is 1.36. The summed E-state index contributed by atoms with van der Waals surface area (Å²) in [6.07, 6.45) is 11.0. The maximum absolute atomic E-state index is 5.90. The lowest BCUT2D eigenvalue weighted by atomic mass is 9.84. The van der Waals surface area contributed by atoms with Crippen molar-refractivity contribution in [1.82, 2.24) is 5.06 Å². The Bertz CT molecular complexity index is 229. The number of fused-ring (bicyclic) bond motifs is 1. The molecule has 2 aliphatic rings. The van der Waals surface area contributed by atoms with E-state index in [1.807, 2.05) is 6.08 Å². The Labute approximate surface area is 99.6 Å². The van der Waals surface area contributed by atoms with Crippen LogP contribution < -0.4 is 0 Å². The van der Waals surface area contributed by atoms with Crippen molar-refractivity contribution in [3.63, 3.8) is 0 Å². The highest BCUT2D eigenvalue weighted by Gasteiger charge is 2.37. The van der Waals surface area contributed by atoms with E-state index >= 15 is 0 Å². The molecule has 0 radical (unpaired) electrons. The fourth-order valence-corrected chi connectivity index (χ4v) is 3.14. The van der Waals surface area contributed by atoms with Gasteiger partial charge in [0.25, 0.3) is 0 Å². The molecule has 2 fully saturated rings. The van der Waals surface area contributed by atoms with Crippen LogP contribution in [0.1, 0.15) is 51.9 Å². The van der Waals surface area contributed by atoms with Crippen molar-refractivity contribution < 1.29 is 4.84 Å². The summed E-state index contributed by atoms with van der Waals surface area (Å²) >= 11 is 0. The van der Waals surface area contributed by atoms with Gasteiger partial charge < -0.3 is 0 Å². The first-order valence-electron chi connectivity index (χ1n) is 6.85. The van der Waals surface area contributed by atoms with Gasteiger partial charge in [-0.15, -0.1) is 6.58 Å². The van der Waals surface area contributed by atoms with Gasteiger partial charge in [-0.1, -0.05) is 13.0 Å². The molecule has 16 heavy (non-hydrogen) atoms. The molecule has 0 bridgehead atoms. The molecule has 92 valence electrons. The van der Waals surface area contributed by atoms with Crippen molar-refractivity contribution in [1.29, 1.82) is 0 Å². The molecule has 0 spiro atoms. The zero-order valence-electron chi connectivity index (χ0n) is 10.5. The van der Waals surface area contributed by atoms with Crippen LogP contribution in [-0.2, 0) is 4.84 Å². The van der Waals surface area contributed by atoms with E-state index in [1.165, 1.54) is 38.5 Å². The summed E-state index contributed by atoms with van der Waals surface area (Å²) in [5.74, 6) is 0.816. The molecule has 0 aromatic carbocycles. The summed E-state index contributed by atoms with van der Waals surface area (Å²) in [6.45, 7) is 7.10. The molecule has 2 heterocycles. The lowest BCUT2D eigenvalue weighted by molar-refractivity contribution is -0.260. The molecular weight excluding hydrogens is 198 g/mol. The molecule has 2 nitrogen and oxygen atoms in total. The van der Waals surface area contributed by atoms with Gasteiger partial charge in [0.2, 0.25) is 0 Å². The minimum absolute atomic E-state index is 0.668. The SMILES string of the molecule is C=CCCC[C@@H]1CC[C@@H](C)[C@H]2CCCON12. The number of allylic oxidation sites excluding steroid dienone is 1. The van der Waals surface area contributed by atoms with Crippen LogP contribution >= 0.6 is 0 Å². The molecule has 0 saturated carbocycles. The Hall–Kier alpha value is -0.340. The van der Waals surface area contributed by atoms with Gasteiger partial charge in [0, 0.05) is 12.1 Å². The Kier molecular flexibility index (Phi) is 4.42. The van der Waals surface area contributed by atoms with Crippen LogP contribution in [0.25, 0.3) is 0 Å². The molecular formula is C14H25NO. The van der Waals surface area contributed by atoms with Gasteiger partial charge in [-0.2, -0.15) is 5.06 Å². The highest BCUT2D eigenvalue weighted by Crippen LogP contribution is 2.35. The van der Waals surface area contributed by atoms with E-state index in [9.17, 15) is 0 Å². The molecule has 0 N–H and O–H groups in total. The topological polar surface area (TPSA) is 12.5 Å². The minimum atomic E-state index is 0.668. The predicted octanol–water partition coefficient (Wildman–Crippen LogP) is 3.54. The van der Waals surface area contributed by atoms with Crippen LogP contribution in [0, 0.1) is 5.92 Å². The molecule has 2 saturated heterocycles. The third-order valence-corrected chi connectivity index (χ3v) is 4.13. The minimum Gasteiger partial charge on any atom is -0.298 e. The van der Waals surface area contributed by atoms with E-state index in [-0.39, 0.29) is 0 Å². The molecule has 0 aliphatic carbocycles. The Morgan fingerprint density at radius 1 is 1.38 bits per heavy atom. The third-order valence-electron chi connectivity index (χ3n) is 4.13. The van der Waals surface area contributed by atoms with Crippen molar-refractivity contribution in [3.05, 3.63) is 12.7 Å². The van der Waals surface area contributed by atoms with Crippen LogP contribution in [0.15, 0.2) is 12.7 Å². The van der Waals surface area contributed by atoms with Crippen LogP contribution in [0.3, 0.4) is 0 Å². The molecule has 0 aromatic rings. The zero-order chi connectivity index (χ0) is 11.4. The van der Waals surface area contributed by atoms with E-state index < -0.39 is 0 Å². The average Bonchev–Trinajstić information content (AvgIpc) is 2.33. The number of hydrogen-bond acceptors (Lipinski definition) is 2. The van der Waals surface area contributed by atoms with Crippen LogP contribution in [0.4, 0.5) is 0 Å². The molecule has 3 atom stereocenters. The van der Waals surface area contributed by atoms with Crippen LogP contribution in [-0.4, -0.2) is 23.8 Å². The zero-order valence-corrected chi connectivity index (χ0v) is 10.5. The van der Waals surface area contributed by atoms with E-state index in [1.54, 1.807) is 0 Å². The molecule has 0 aromatic heterocycles. The second kappa shape index (κ2) is 5.83. The lowest BCUT2D eigenvalue weighted by Crippen LogP contribution is -2.52. The summed E-state index contributed by atoms with van der Waals surface area (Å²) in [5, 5.41) is 2.35. The Morgan fingerprint density at radius 2 is 2.25 bits per heavy atom. The summed E-state index contributed by atoms with van der Waals surface area (Å²) in [7, 11) is 0. The standard InChI is InChI=1S/C14H25NO/c1-3-4-5-7-13-10-9-12(2)14-8-6-11-16-15(13)14/h3,12-14H,1,4-11H2,2H3/t12-,13-,14-/m1/s1. The summed E-state index contributed by atoms with van der Waals surface area (Å²) < 4.78 is 0. The van der Waals surface area contributed by atoms with Crippen molar-refractivity contribution in [2.24, 2.45) is 5.92 Å². The quantitative estimate of drug-likeness (QED) is 0.534. The van der Waals surface area contributed by atoms with Crippen LogP contribution in [0.2, 0.25) is 0 Å². The monoisotopic (exact) mass is 223 g/mol. The molecule has 2 aliphatic heterocycles. The lowest BCUT2D eigenvalue weighted by Gasteiger charge is -2.47. The van der Waals surface area contributed by atoms with E-state index in [2.05, 4.69) is 18.6 Å². The highest BCUT2D eigenvalue weighted by atomic mass is 16.7. The van der Waals surface area contributed by atoms with Crippen molar-refractivity contribution >= 4 is 0 Å². The Morgan fingerprint density at radius 3 is 3.06 bits per heavy atom. The summed E-state index contributed by atoms with van der Waals surface area (Å²) in [4.78, 5) is 5.90. The molecule has 0 unspecified atom stereocenters. The first-order chi connectivity index (χ1) is 7.83. The fraction of sp³-hybridized carbons (Fsp3) is 0.857. The Balaban J connectivity index is 1.89. The first-order valence-corrected chi connectivity index (χ1v) is 6.85. The smallest absolute Gasteiger partial charge is 0.0685 e. The maximum Gasteiger partial charge on any atom is 0.0685 e. The van der Waals surface area contributed by atoms with E-state index in [4.69, 9.17) is 4.84 Å². The summed E-state index contributed by atoms with van der Waals surface area (Å²) in [5.41, 5.74) is 0. The molecule has 2 rings (SSSR count). The normalized spacial score (nSPS) is 35.7. The van der Waals surface area contributed by atoms with Gasteiger partial charge in [0.05, 0.1) is 6.61 Å². The van der Waals surface area contributed by atoms with Gasteiger partial charge in [-0.05, 0) is 50.9 Å². The van der Waals surface area contributed by atoms with Gasteiger partial charge >= 0.3 is 0 Å².